The highest BCUT2D eigenvalue weighted by atomic mass is 16.5. The fourth-order valence-electron chi connectivity index (χ4n) is 3.45. The van der Waals surface area contributed by atoms with Crippen LogP contribution in [0.5, 0.6) is 0 Å². The molecule has 0 N–H and O–H groups in total. The van der Waals surface area contributed by atoms with E-state index < -0.39 is 0 Å². The second-order valence-electron chi connectivity index (χ2n) is 6.60. The summed E-state index contributed by atoms with van der Waals surface area (Å²) in [6, 6.07) is 9.64. The number of rotatable bonds is 6. The van der Waals surface area contributed by atoms with Crippen LogP contribution in [0.2, 0.25) is 0 Å². The highest BCUT2D eigenvalue weighted by molar-refractivity contribution is 5.77. The van der Waals surface area contributed by atoms with E-state index in [0.29, 0.717) is 31.0 Å². The van der Waals surface area contributed by atoms with Crippen LogP contribution in [0.3, 0.4) is 0 Å². The van der Waals surface area contributed by atoms with Crippen LogP contribution >= 0.6 is 0 Å². The third-order valence-corrected chi connectivity index (χ3v) is 4.79. The van der Waals surface area contributed by atoms with Gasteiger partial charge in [-0.05, 0) is 43.5 Å². The molecule has 4 heterocycles. The molecule has 138 valence electrons. The number of hydrogen-bond acceptors (Lipinski definition) is 6. The second-order valence-corrected chi connectivity index (χ2v) is 6.60. The Kier molecular flexibility index (Phi) is 5.18. The number of pyridine rings is 2. The first-order valence-electron chi connectivity index (χ1n) is 9.24. The molecule has 1 atom stereocenters. The van der Waals surface area contributed by atoms with Gasteiger partial charge in [0.05, 0.1) is 11.7 Å². The van der Waals surface area contributed by atoms with Crippen LogP contribution in [-0.4, -0.2) is 37.5 Å². The molecule has 0 radical (unpaired) electrons. The van der Waals surface area contributed by atoms with Gasteiger partial charge < -0.3 is 9.42 Å². The molecular formula is C20H21N5O2. The molecule has 0 aromatic carbocycles. The monoisotopic (exact) mass is 363 g/mol. The predicted molar refractivity (Wildman–Crippen MR) is 98.4 cm³/mol. The lowest BCUT2D eigenvalue weighted by atomic mass is 10.1. The summed E-state index contributed by atoms with van der Waals surface area (Å²) in [5.41, 5.74) is 1.84. The summed E-state index contributed by atoms with van der Waals surface area (Å²) in [7, 11) is 0. The Labute approximate surface area is 157 Å². The molecule has 1 aliphatic rings. The van der Waals surface area contributed by atoms with Crippen LogP contribution in [-0.2, 0) is 11.2 Å². The molecule has 0 bridgehead atoms. The smallest absolute Gasteiger partial charge is 0.226 e. The Morgan fingerprint density at radius 2 is 2.07 bits per heavy atom. The molecule has 3 aromatic heterocycles. The fourth-order valence-corrected chi connectivity index (χ4v) is 3.45. The molecule has 7 heteroatoms. The van der Waals surface area contributed by atoms with E-state index in [2.05, 4.69) is 20.1 Å². The number of carbonyl (C=O) groups excluding carboxylic acids is 1. The lowest BCUT2D eigenvalue weighted by Crippen LogP contribution is -2.30. The summed E-state index contributed by atoms with van der Waals surface area (Å²) < 4.78 is 5.30. The number of hydrogen-bond donors (Lipinski definition) is 0. The summed E-state index contributed by atoms with van der Waals surface area (Å²) >= 11 is 0. The molecular weight excluding hydrogens is 342 g/mol. The minimum absolute atomic E-state index is 0.0976. The Morgan fingerprint density at radius 3 is 2.89 bits per heavy atom. The topological polar surface area (TPSA) is 85.0 Å². The van der Waals surface area contributed by atoms with Crippen molar-refractivity contribution in [2.45, 2.75) is 38.1 Å². The van der Waals surface area contributed by atoms with Crippen LogP contribution in [0.15, 0.2) is 53.4 Å². The average Bonchev–Trinajstić information content (AvgIpc) is 3.39. The molecule has 0 spiro atoms. The van der Waals surface area contributed by atoms with Gasteiger partial charge in [-0.15, -0.1) is 0 Å². The molecule has 1 aliphatic heterocycles. The van der Waals surface area contributed by atoms with Crippen LogP contribution in [0, 0.1) is 0 Å². The second kappa shape index (κ2) is 8.07. The highest BCUT2D eigenvalue weighted by Crippen LogP contribution is 2.31. The predicted octanol–water partition coefficient (Wildman–Crippen LogP) is 3.21. The van der Waals surface area contributed by atoms with Crippen molar-refractivity contribution >= 4 is 5.91 Å². The third kappa shape index (κ3) is 4.02. The summed E-state index contributed by atoms with van der Waals surface area (Å²) in [6.07, 6.45) is 8.90. The lowest BCUT2D eigenvalue weighted by Gasteiger charge is -2.24. The third-order valence-electron chi connectivity index (χ3n) is 4.79. The van der Waals surface area contributed by atoms with Gasteiger partial charge in [0.2, 0.25) is 17.6 Å². The van der Waals surface area contributed by atoms with E-state index in [1.807, 2.05) is 35.2 Å². The summed E-state index contributed by atoms with van der Waals surface area (Å²) in [5, 5.41) is 4.00. The van der Waals surface area contributed by atoms with Crippen LogP contribution < -0.4 is 0 Å². The Balaban J connectivity index is 1.31. The summed E-state index contributed by atoms with van der Waals surface area (Å²) in [6.45, 7) is 0.798. The summed E-state index contributed by atoms with van der Waals surface area (Å²) in [5.74, 6) is 1.27. The first-order valence-corrected chi connectivity index (χ1v) is 9.24. The standard InChI is InChI=1S/C20H21N5O2/c26-19(25-14-4-6-17(25)16-5-1-2-11-22-16)8-3-7-18-23-20(24-27-18)15-9-12-21-13-10-15/h1-2,5,9-13,17H,3-4,6-8,14H2/t17-/m1/s1. The first-order chi connectivity index (χ1) is 13.3. The van der Waals surface area contributed by atoms with Crippen molar-refractivity contribution in [2.75, 3.05) is 6.54 Å². The fraction of sp³-hybridized carbons (Fsp3) is 0.350. The zero-order chi connectivity index (χ0) is 18.5. The van der Waals surface area contributed by atoms with Gasteiger partial charge in [0.25, 0.3) is 0 Å². The Morgan fingerprint density at radius 1 is 1.19 bits per heavy atom. The van der Waals surface area contributed by atoms with E-state index in [1.165, 1.54) is 0 Å². The van der Waals surface area contributed by atoms with Gasteiger partial charge >= 0.3 is 0 Å². The normalized spacial score (nSPS) is 16.6. The molecule has 1 amide bonds. The van der Waals surface area contributed by atoms with Crippen molar-refractivity contribution < 1.29 is 9.32 Å². The van der Waals surface area contributed by atoms with Crippen molar-refractivity contribution in [3.05, 3.63) is 60.5 Å². The number of aromatic nitrogens is 4. The van der Waals surface area contributed by atoms with Crippen LogP contribution in [0.25, 0.3) is 11.4 Å². The minimum Gasteiger partial charge on any atom is -0.339 e. The molecule has 27 heavy (non-hydrogen) atoms. The lowest BCUT2D eigenvalue weighted by molar-refractivity contribution is -0.132. The molecule has 0 aliphatic carbocycles. The van der Waals surface area contributed by atoms with Crippen LogP contribution in [0.1, 0.15) is 43.3 Å². The van der Waals surface area contributed by atoms with Gasteiger partial charge in [0, 0.05) is 43.5 Å². The molecule has 4 rings (SSSR count). The van der Waals surface area contributed by atoms with E-state index in [0.717, 1.165) is 30.6 Å². The zero-order valence-corrected chi connectivity index (χ0v) is 15.0. The average molecular weight is 363 g/mol. The maximum atomic E-state index is 12.7. The van der Waals surface area contributed by atoms with Crippen molar-refractivity contribution in [3.8, 4) is 11.4 Å². The number of aryl methyl sites for hydroxylation is 1. The number of likely N-dealkylation sites (tertiary alicyclic amines) is 1. The van der Waals surface area contributed by atoms with Crippen molar-refractivity contribution in [1.29, 1.82) is 0 Å². The molecule has 7 nitrogen and oxygen atoms in total. The van der Waals surface area contributed by atoms with Gasteiger partial charge in [0.15, 0.2) is 0 Å². The van der Waals surface area contributed by atoms with E-state index in [1.54, 1.807) is 18.6 Å². The van der Waals surface area contributed by atoms with Crippen molar-refractivity contribution in [3.63, 3.8) is 0 Å². The molecule has 1 fully saturated rings. The van der Waals surface area contributed by atoms with Gasteiger partial charge in [-0.2, -0.15) is 4.98 Å². The Bertz CT molecular complexity index is 882. The van der Waals surface area contributed by atoms with E-state index in [9.17, 15) is 4.79 Å². The Hall–Kier alpha value is -3.09. The van der Waals surface area contributed by atoms with Crippen molar-refractivity contribution in [2.24, 2.45) is 0 Å². The maximum Gasteiger partial charge on any atom is 0.226 e. The van der Waals surface area contributed by atoms with E-state index in [4.69, 9.17) is 4.52 Å². The quantitative estimate of drug-likeness (QED) is 0.668. The molecule has 3 aromatic rings. The van der Waals surface area contributed by atoms with Crippen LogP contribution in [0.4, 0.5) is 0 Å². The summed E-state index contributed by atoms with van der Waals surface area (Å²) in [4.78, 5) is 27.4. The number of nitrogens with zero attached hydrogens (tertiary/aromatic N) is 5. The largest absolute Gasteiger partial charge is 0.339 e. The van der Waals surface area contributed by atoms with Crippen molar-refractivity contribution in [1.82, 2.24) is 25.0 Å². The van der Waals surface area contributed by atoms with E-state index in [-0.39, 0.29) is 11.9 Å². The van der Waals surface area contributed by atoms with Gasteiger partial charge in [-0.3, -0.25) is 14.8 Å². The molecule has 0 unspecified atom stereocenters. The zero-order valence-electron chi connectivity index (χ0n) is 15.0. The van der Waals surface area contributed by atoms with Gasteiger partial charge in [-0.1, -0.05) is 11.2 Å². The molecule has 0 saturated carbocycles. The maximum absolute atomic E-state index is 12.7. The van der Waals surface area contributed by atoms with Gasteiger partial charge in [0.1, 0.15) is 0 Å². The first kappa shape index (κ1) is 17.3. The highest BCUT2D eigenvalue weighted by Gasteiger charge is 2.30. The minimum atomic E-state index is 0.0976. The molecule has 1 saturated heterocycles. The number of carbonyl (C=O) groups is 1. The van der Waals surface area contributed by atoms with Gasteiger partial charge in [-0.25, -0.2) is 0 Å². The van der Waals surface area contributed by atoms with E-state index >= 15 is 0 Å². The number of amides is 1. The SMILES string of the molecule is O=C(CCCc1nc(-c2ccncc2)no1)N1CCC[C@@H]1c1ccccn1.